The summed E-state index contributed by atoms with van der Waals surface area (Å²) in [4.78, 5) is 24.5. The van der Waals surface area contributed by atoms with E-state index in [0.717, 1.165) is 0 Å². The molecule has 0 aliphatic carbocycles. The molecule has 0 aliphatic heterocycles. The summed E-state index contributed by atoms with van der Waals surface area (Å²) < 4.78 is 0. The molecule has 1 rings (SSSR count). The predicted octanol–water partition coefficient (Wildman–Crippen LogP) is 1.40. The molecule has 0 saturated heterocycles. The van der Waals surface area contributed by atoms with Crippen LogP contribution in [0.2, 0.25) is 0 Å². The lowest BCUT2D eigenvalue weighted by atomic mass is 10.1. The van der Waals surface area contributed by atoms with Gasteiger partial charge in [-0.25, -0.2) is 0 Å². The number of hydrogen-bond acceptors (Lipinski definition) is 3. The van der Waals surface area contributed by atoms with E-state index in [1.165, 1.54) is 4.90 Å². The van der Waals surface area contributed by atoms with Crippen LogP contribution in [0, 0.1) is 0 Å². The normalized spacial score (nSPS) is 13.6. The van der Waals surface area contributed by atoms with Crippen molar-refractivity contribution >= 4 is 11.9 Å². The van der Waals surface area contributed by atoms with Crippen molar-refractivity contribution < 1.29 is 14.7 Å². The van der Waals surface area contributed by atoms with Crippen LogP contribution in [0.1, 0.15) is 31.9 Å². The van der Waals surface area contributed by atoms with Crippen molar-refractivity contribution in [1.82, 2.24) is 4.90 Å². The second kappa shape index (κ2) is 6.89. The lowest BCUT2D eigenvalue weighted by Crippen LogP contribution is -2.46. The highest BCUT2D eigenvalue weighted by atomic mass is 16.4. The van der Waals surface area contributed by atoms with E-state index in [1.807, 2.05) is 19.9 Å². The number of carbonyl (C=O) groups is 2. The van der Waals surface area contributed by atoms with Gasteiger partial charge in [-0.05, 0) is 18.9 Å². The third-order valence-electron chi connectivity index (χ3n) is 3.14. The predicted molar refractivity (Wildman–Crippen MR) is 72.5 cm³/mol. The molecule has 0 radical (unpaired) electrons. The molecule has 1 unspecified atom stereocenters. The molecule has 0 aliphatic rings. The number of rotatable bonds is 6. The SMILES string of the molecule is CCC(C)N(CC(=O)O)C(=O)[C@@H](N)c1ccccc1. The molecule has 0 fully saturated rings. The Labute approximate surface area is 113 Å². The van der Waals surface area contributed by atoms with Crippen LogP contribution in [0.3, 0.4) is 0 Å². The molecule has 0 spiro atoms. The Hall–Kier alpha value is -1.88. The minimum atomic E-state index is -1.03. The zero-order valence-corrected chi connectivity index (χ0v) is 11.2. The molecule has 0 aromatic heterocycles. The molecule has 0 heterocycles. The summed E-state index contributed by atoms with van der Waals surface area (Å²) in [6, 6.07) is 7.98. The number of nitrogens with zero attached hydrogens (tertiary/aromatic N) is 1. The molecule has 2 atom stereocenters. The van der Waals surface area contributed by atoms with Gasteiger partial charge in [0.15, 0.2) is 0 Å². The van der Waals surface area contributed by atoms with Crippen LogP contribution in [0.5, 0.6) is 0 Å². The maximum absolute atomic E-state index is 12.3. The van der Waals surface area contributed by atoms with Gasteiger partial charge in [0.2, 0.25) is 5.91 Å². The monoisotopic (exact) mass is 264 g/mol. The summed E-state index contributed by atoms with van der Waals surface area (Å²) in [6.45, 7) is 3.40. The third-order valence-corrected chi connectivity index (χ3v) is 3.14. The van der Waals surface area contributed by atoms with Gasteiger partial charge in [0.05, 0.1) is 0 Å². The minimum absolute atomic E-state index is 0.154. The second-order valence-corrected chi connectivity index (χ2v) is 4.51. The summed E-state index contributed by atoms with van der Waals surface area (Å²) in [5.74, 6) is -1.39. The van der Waals surface area contributed by atoms with E-state index in [-0.39, 0.29) is 18.5 Å². The number of nitrogens with two attached hydrogens (primary N) is 1. The van der Waals surface area contributed by atoms with E-state index in [1.54, 1.807) is 24.3 Å². The van der Waals surface area contributed by atoms with Gasteiger partial charge in [-0.15, -0.1) is 0 Å². The fourth-order valence-electron chi connectivity index (χ4n) is 1.80. The van der Waals surface area contributed by atoms with Gasteiger partial charge in [-0.1, -0.05) is 37.3 Å². The first-order valence-electron chi connectivity index (χ1n) is 6.30. The van der Waals surface area contributed by atoms with Crippen molar-refractivity contribution in [1.29, 1.82) is 0 Å². The highest BCUT2D eigenvalue weighted by Gasteiger charge is 2.27. The van der Waals surface area contributed by atoms with Crippen molar-refractivity contribution in [3.05, 3.63) is 35.9 Å². The van der Waals surface area contributed by atoms with Crippen LogP contribution in [0.4, 0.5) is 0 Å². The summed E-state index contributed by atoms with van der Waals surface area (Å²) in [6.07, 6.45) is 0.681. The molecule has 19 heavy (non-hydrogen) atoms. The van der Waals surface area contributed by atoms with Crippen molar-refractivity contribution in [2.45, 2.75) is 32.4 Å². The van der Waals surface area contributed by atoms with Gasteiger partial charge in [0.1, 0.15) is 12.6 Å². The molecule has 104 valence electrons. The van der Waals surface area contributed by atoms with Gasteiger partial charge < -0.3 is 15.7 Å². The number of carboxylic acids is 1. The molecule has 1 aromatic carbocycles. The Morgan fingerprint density at radius 1 is 1.32 bits per heavy atom. The summed E-state index contributed by atoms with van der Waals surface area (Å²) in [5.41, 5.74) is 6.61. The van der Waals surface area contributed by atoms with E-state index in [9.17, 15) is 9.59 Å². The maximum atomic E-state index is 12.3. The third kappa shape index (κ3) is 4.06. The first-order valence-corrected chi connectivity index (χ1v) is 6.30. The number of carbonyl (C=O) groups excluding carboxylic acids is 1. The van der Waals surface area contributed by atoms with E-state index >= 15 is 0 Å². The molecule has 0 saturated carbocycles. The highest BCUT2D eigenvalue weighted by molar-refractivity contribution is 5.86. The lowest BCUT2D eigenvalue weighted by molar-refractivity contribution is -0.146. The van der Waals surface area contributed by atoms with E-state index in [2.05, 4.69) is 0 Å². The highest BCUT2D eigenvalue weighted by Crippen LogP contribution is 2.15. The van der Waals surface area contributed by atoms with Crippen LogP contribution in [-0.4, -0.2) is 34.5 Å². The van der Waals surface area contributed by atoms with Crippen molar-refractivity contribution in [3.8, 4) is 0 Å². The standard InChI is InChI=1S/C14H20N2O3/c1-3-10(2)16(9-12(17)18)14(19)13(15)11-7-5-4-6-8-11/h4-8,10,13H,3,9,15H2,1-2H3,(H,17,18)/t10?,13-/m0/s1. The average Bonchev–Trinajstić information content (AvgIpc) is 2.43. The quantitative estimate of drug-likeness (QED) is 0.813. The molecule has 1 amide bonds. The van der Waals surface area contributed by atoms with Crippen molar-refractivity contribution in [2.24, 2.45) is 5.73 Å². The van der Waals surface area contributed by atoms with Gasteiger partial charge in [0, 0.05) is 6.04 Å². The van der Waals surface area contributed by atoms with Crippen LogP contribution in [0.15, 0.2) is 30.3 Å². The fourth-order valence-corrected chi connectivity index (χ4v) is 1.80. The molecular formula is C14H20N2O3. The molecule has 5 nitrogen and oxygen atoms in total. The first kappa shape index (κ1) is 15.2. The van der Waals surface area contributed by atoms with Crippen LogP contribution in [0.25, 0.3) is 0 Å². The van der Waals surface area contributed by atoms with Crippen LogP contribution >= 0.6 is 0 Å². The van der Waals surface area contributed by atoms with Gasteiger partial charge in [-0.3, -0.25) is 9.59 Å². The number of amides is 1. The summed E-state index contributed by atoms with van der Waals surface area (Å²) >= 11 is 0. The summed E-state index contributed by atoms with van der Waals surface area (Å²) in [7, 11) is 0. The van der Waals surface area contributed by atoms with Gasteiger partial charge >= 0.3 is 5.97 Å². The zero-order valence-electron chi connectivity index (χ0n) is 11.2. The van der Waals surface area contributed by atoms with Crippen molar-refractivity contribution in [2.75, 3.05) is 6.54 Å². The smallest absolute Gasteiger partial charge is 0.323 e. The Morgan fingerprint density at radius 2 is 1.89 bits per heavy atom. The fraction of sp³-hybridized carbons (Fsp3) is 0.429. The Balaban J connectivity index is 2.90. The van der Waals surface area contributed by atoms with Crippen LogP contribution in [-0.2, 0) is 9.59 Å². The Kier molecular flexibility index (Phi) is 5.51. The van der Waals surface area contributed by atoms with Crippen molar-refractivity contribution in [3.63, 3.8) is 0 Å². The number of aliphatic carboxylic acids is 1. The lowest BCUT2D eigenvalue weighted by Gasteiger charge is -2.29. The van der Waals surface area contributed by atoms with Crippen LogP contribution < -0.4 is 5.73 Å². The number of carboxylic acid groups (broad SMARTS) is 1. The largest absolute Gasteiger partial charge is 0.480 e. The first-order chi connectivity index (χ1) is 8.97. The summed E-state index contributed by atoms with van der Waals surface area (Å²) in [5, 5.41) is 8.89. The second-order valence-electron chi connectivity index (χ2n) is 4.51. The molecule has 0 bridgehead atoms. The van der Waals surface area contributed by atoms with E-state index < -0.39 is 12.0 Å². The molecule has 3 N–H and O–H groups in total. The average molecular weight is 264 g/mol. The number of benzene rings is 1. The molecule has 5 heteroatoms. The van der Waals surface area contributed by atoms with E-state index in [4.69, 9.17) is 10.8 Å². The van der Waals surface area contributed by atoms with Gasteiger partial charge in [-0.2, -0.15) is 0 Å². The topological polar surface area (TPSA) is 83.6 Å². The minimum Gasteiger partial charge on any atom is -0.480 e. The maximum Gasteiger partial charge on any atom is 0.323 e. The Morgan fingerprint density at radius 3 is 2.37 bits per heavy atom. The van der Waals surface area contributed by atoms with E-state index in [0.29, 0.717) is 12.0 Å². The molecular weight excluding hydrogens is 244 g/mol. The Bertz CT molecular complexity index is 434. The zero-order chi connectivity index (χ0) is 14.4. The molecule has 1 aromatic rings. The number of hydrogen-bond donors (Lipinski definition) is 2. The van der Waals surface area contributed by atoms with Gasteiger partial charge in [0.25, 0.3) is 0 Å².